The van der Waals surface area contributed by atoms with Gasteiger partial charge in [-0.1, -0.05) is 0 Å². The Morgan fingerprint density at radius 1 is 1.30 bits per heavy atom. The first kappa shape index (κ1) is 17.7. The van der Waals surface area contributed by atoms with Gasteiger partial charge in [0.05, 0.1) is 11.2 Å². The van der Waals surface area contributed by atoms with Crippen molar-refractivity contribution in [1.82, 2.24) is 5.32 Å². The zero-order valence-corrected chi connectivity index (χ0v) is 13.8. The minimum atomic E-state index is -0.677. The van der Waals surface area contributed by atoms with Gasteiger partial charge in [0.2, 0.25) is 11.8 Å². The lowest BCUT2D eigenvalue weighted by molar-refractivity contribution is -0.122. The average molecular weight is 342 g/mol. The van der Waals surface area contributed by atoms with E-state index in [1.54, 1.807) is 0 Å². The summed E-state index contributed by atoms with van der Waals surface area (Å²) in [7, 11) is 0. The fourth-order valence-corrected chi connectivity index (χ4v) is 3.00. The second kappa shape index (κ2) is 6.84. The Kier molecular flexibility index (Phi) is 5.26. The van der Waals surface area contributed by atoms with Crippen molar-refractivity contribution in [3.05, 3.63) is 23.5 Å². The molecule has 3 rings (SSSR count). The Morgan fingerprint density at radius 2 is 2.09 bits per heavy atom. The van der Waals surface area contributed by atoms with Gasteiger partial charge >= 0.3 is 0 Å². The van der Waals surface area contributed by atoms with Crippen LogP contribution in [0.25, 0.3) is 0 Å². The number of amides is 2. The molecule has 0 aliphatic carbocycles. The molecule has 1 atom stereocenters. The van der Waals surface area contributed by atoms with Gasteiger partial charge < -0.3 is 16.0 Å². The van der Waals surface area contributed by atoms with Crippen LogP contribution in [0.3, 0.4) is 0 Å². The highest BCUT2D eigenvalue weighted by molar-refractivity contribution is 6.00. The summed E-state index contributed by atoms with van der Waals surface area (Å²) in [6.07, 6.45) is 3.62. The lowest BCUT2D eigenvalue weighted by Crippen LogP contribution is -2.54. The van der Waals surface area contributed by atoms with Gasteiger partial charge in [-0.3, -0.25) is 9.59 Å². The minimum Gasteiger partial charge on any atom is -0.326 e. The van der Waals surface area contributed by atoms with E-state index in [4.69, 9.17) is 0 Å². The molecule has 2 heterocycles. The average Bonchev–Trinajstić information content (AvgIpc) is 2.49. The molecule has 23 heavy (non-hydrogen) atoms. The number of carbonyl (C=O) groups is 2. The number of rotatable bonds is 2. The first-order chi connectivity index (χ1) is 10.5. The summed E-state index contributed by atoms with van der Waals surface area (Å²) in [5.41, 5.74) is 0.774. The van der Waals surface area contributed by atoms with Crippen LogP contribution in [0.5, 0.6) is 0 Å². The summed E-state index contributed by atoms with van der Waals surface area (Å²) in [6, 6.07) is 2.90. The van der Waals surface area contributed by atoms with Crippen LogP contribution >= 0.6 is 12.4 Å². The van der Waals surface area contributed by atoms with Crippen LogP contribution in [-0.4, -0.2) is 23.9 Å². The van der Waals surface area contributed by atoms with Gasteiger partial charge in [-0.15, -0.1) is 12.4 Å². The molecule has 1 unspecified atom stereocenters. The number of anilines is 2. The number of halogens is 2. The highest BCUT2D eigenvalue weighted by atomic mass is 35.5. The first-order valence-corrected chi connectivity index (χ1v) is 7.67. The number of hydrogen-bond donors (Lipinski definition) is 3. The SMILES string of the molecule is CC1(C(=O)Nc2cc3c(cc2F)CCC(=O)N3)CCCCN1.Cl. The van der Waals surface area contributed by atoms with Crippen LogP contribution in [0.1, 0.15) is 38.2 Å². The van der Waals surface area contributed by atoms with E-state index in [1.165, 1.54) is 12.1 Å². The second-order valence-corrected chi connectivity index (χ2v) is 6.21. The van der Waals surface area contributed by atoms with Crippen molar-refractivity contribution in [3.63, 3.8) is 0 Å². The Morgan fingerprint density at radius 3 is 2.78 bits per heavy atom. The van der Waals surface area contributed by atoms with Crippen LogP contribution in [0.4, 0.5) is 15.8 Å². The largest absolute Gasteiger partial charge is 0.326 e. The molecule has 1 aromatic carbocycles. The number of carbonyl (C=O) groups excluding carboxylic acids is 2. The molecule has 5 nitrogen and oxygen atoms in total. The lowest BCUT2D eigenvalue weighted by Gasteiger charge is -2.33. The van der Waals surface area contributed by atoms with E-state index in [9.17, 15) is 14.0 Å². The number of hydrogen-bond acceptors (Lipinski definition) is 3. The van der Waals surface area contributed by atoms with Crippen molar-refractivity contribution < 1.29 is 14.0 Å². The van der Waals surface area contributed by atoms with Crippen molar-refractivity contribution in [2.45, 2.75) is 44.6 Å². The molecule has 7 heteroatoms. The van der Waals surface area contributed by atoms with E-state index in [1.807, 2.05) is 6.92 Å². The highest BCUT2D eigenvalue weighted by Gasteiger charge is 2.34. The van der Waals surface area contributed by atoms with E-state index in [0.717, 1.165) is 31.4 Å². The molecule has 1 saturated heterocycles. The van der Waals surface area contributed by atoms with Crippen LogP contribution in [0.2, 0.25) is 0 Å². The van der Waals surface area contributed by atoms with E-state index in [-0.39, 0.29) is 29.9 Å². The second-order valence-electron chi connectivity index (χ2n) is 6.21. The number of piperidine rings is 1. The van der Waals surface area contributed by atoms with Crippen LogP contribution in [0, 0.1) is 5.82 Å². The van der Waals surface area contributed by atoms with Crippen molar-refractivity contribution >= 4 is 35.6 Å². The fraction of sp³-hybridized carbons (Fsp3) is 0.500. The van der Waals surface area contributed by atoms with Crippen LogP contribution in [-0.2, 0) is 16.0 Å². The molecule has 2 aliphatic rings. The Hall–Kier alpha value is -1.66. The molecular formula is C16H21ClFN3O2. The molecule has 0 spiro atoms. The summed E-state index contributed by atoms with van der Waals surface area (Å²) in [5, 5.41) is 8.58. The Balaban J connectivity index is 0.00000192. The zero-order valence-electron chi connectivity index (χ0n) is 13.0. The van der Waals surface area contributed by atoms with Gasteiger partial charge in [-0.05, 0) is 56.8 Å². The molecule has 2 amide bonds. The third-order valence-corrected chi connectivity index (χ3v) is 4.46. The summed E-state index contributed by atoms with van der Waals surface area (Å²) in [6.45, 7) is 2.62. The quantitative estimate of drug-likeness (QED) is 0.774. The van der Waals surface area contributed by atoms with Crippen molar-refractivity contribution in [2.75, 3.05) is 17.2 Å². The third-order valence-electron chi connectivity index (χ3n) is 4.46. The maximum Gasteiger partial charge on any atom is 0.244 e. The third kappa shape index (κ3) is 3.64. The van der Waals surface area contributed by atoms with Gasteiger partial charge in [0, 0.05) is 12.1 Å². The standard InChI is InChI=1S/C16H20FN3O2.ClH/c1-16(6-2-3-7-18-16)15(22)20-13-9-12-10(8-11(13)17)4-5-14(21)19-12;/h8-9,18H,2-7H2,1H3,(H,19,21)(H,20,22);1H. The van der Waals surface area contributed by atoms with Gasteiger partial charge in [-0.2, -0.15) is 0 Å². The molecule has 0 radical (unpaired) electrons. The van der Waals surface area contributed by atoms with Gasteiger partial charge in [0.1, 0.15) is 5.82 Å². The monoisotopic (exact) mass is 341 g/mol. The summed E-state index contributed by atoms with van der Waals surface area (Å²) in [5.74, 6) is -0.798. The van der Waals surface area contributed by atoms with Crippen LogP contribution in [0.15, 0.2) is 12.1 Å². The maximum atomic E-state index is 14.2. The summed E-state index contributed by atoms with van der Waals surface area (Å²) >= 11 is 0. The number of nitrogens with one attached hydrogen (secondary N) is 3. The van der Waals surface area contributed by atoms with E-state index < -0.39 is 11.4 Å². The molecule has 0 bridgehead atoms. The number of aryl methyl sites for hydroxylation is 1. The van der Waals surface area contributed by atoms with Crippen LogP contribution < -0.4 is 16.0 Å². The molecule has 1 aromatic rings. The highest BCUT2D eigenvalue weighted by Crippen LogP contribution is 2.29. The Labute approximate surface area is 140 Å². The van der Waals surface area contributed by atoms with Gasteiger partial charge in [0.15, 0.2) is 0 Å². The smallest absolute Gasteiger partial charge is 0.244 e. The predicted molar refractivity (Wildman–Crippen MR) is 89.5 cm³/mol. The zero-order chi connectivity index (χ0) is 15.7. The predicted octanol–water partition coefficient (Wildman–Crippen LogP) is 2.60. The van der Waals surface area contributed by atoms with Crippen molar-refractivity contribution in [3.8, 4) is 0 Å². The van der Waals surface area contributed by atoms with E-state index >= 15 is 0 Å². The number of fused-ring (bicyclic) bond motifs is 1. The molecule has 2 aliphatic heterocycles. The molecule has 3 N–H and O–H groups in total. The topological polar surface area (TPSA) is 70.2 Å². The Bertz CT molecular complexity index is 630. The fourth-order valence-electron chi connectivity index (χ4n) is 3.00. The normalized spacial score (nSPS) is 23.3. The summed E-state index contributed by atoms with van der Waals surface area (Å²) < 4.78 is 14.2. The van der Waals surface area contributed by atoms with Crippen molar-refractivity contribution in [2.24, 2.45) is 0 Å². The summed E-state index contributed by atoms with van der Waals surface area (Å²) in [4.78, 5) is 23.9. The molecule has 1 fully saturated rings. The van der Waals surface area contributed by atoms with Crippen molar-refractivity contribution in [1.29, 1.82) is 0 Å². The lowest BCUT2D eigenvalue weighted by atomic mass is 9.90. The maximum absolute atomic E-state index is 14.2. The molecular weight excluding hydrogens is 321 g/mol. The number of benzene rings is 1. The molecule has 126 valence electrons. The minimum absolute atomic E-state index is 0. The van der Waals surface area contributed by atoms with Gasteiger partial charge in [0.25, 0.3) is 0 Å². The molecule has 0 aromatic heterocycles. The van der Waals surface area contributed by atoms with E-state index in [2.05, 4.69) is 16.0 Å². The first-order valence-electron chi connectivity index (χ1n) is 7.67. The molecule has 0 saturated carbocycles. The van der Waals surface area contributed by atoms with E-state index in [0.29, 0.717) is 18.5 Å². The van der Waals surface area contributed by atoms with Gasteiger partial charge in [-0.25, -0.2) is 4.39 Å².